The van der Waals surface area contributed by atoms with Gasteiger partial charge < -0.3 is 14.7 Å². The predicted molar refractivity (Wildman–Crippen MR) is 162 cm³/mol. The van der Waals surface area contributed by atoms with Crippen molar-refractivity contribution < 1.29 is 23.1 Å². The zero-order valence-electron chi connectivity index (χ0n) is 23.5. The second-order valence-corrected chi connectivity index (χ2v) is 13.2. The van der Waals surface area contributed by atoms with Gasteiger partial charge in [0.2, 0.25) is 0 Å². The molecule has 1 amide bonds. The van der Waals surface area contributed by atoms with Crippen molar-refractivity contribution in [2.75, 3.05) is 31.5 Å². The molecule has 11 heteroatoms. The number of carbonyl (C=O) groups excluding carboxylic acids is 1. The van der Waals surface area contributed by atoms with E-state index in [9.17, 15) is 18.3 Å². The Bertz CT molecular complexity index is 1500. The van der Waals surface area contributed by atoms with Crippen LogP contribution in [-0.4, -0.2) is 68.1 Å². The Labute approximate surface area is 251 Å². The maximum Gasteiger partial charge on any atom is 0.262 e. The number of anilines is 1. The summed E-state index contributed by atoms with van der Waals surface area (Å²) in [7, 11) is -2.02. The molecule has 0 saturated carbocycles. The largest absolute Gasteiger partial charge is 0.486 e. The lowest BCUT2D eigenvalue weighted by Crippen LogP contribution is -2.49. The molecular weight excluding hydrogens is 585 g/mol. The van der Waals surface area contributed by atoms with Crippen LogP contribution in [0.5, 0.6) is 5.75 Å². The van der Waals surface area contributed by atoms with Crippen LogP contribution in [0, 0.1) is 12.8 Å². The van der Waals surface area contributed by atoms with Crippen LogP contribution in [0.25, 0.3) is 0 Å². The smallest absolute Gasteiger partial charge is 0.262 e. The fourth-order valence-electron chi connectivity index (χ4n) is 4.78. The molecule has 0 aromatic heterocycles. The Kier molecular flexibility index (Phi) is 9.87. The Morgan fingerprint density at radius 3 is 2.49 bits per heavy atom. The first-order chi connectivity index (χ1) is 19.4. The number of rotatable bonds is 9. The Morgan fingerprint density at radius 2 is 1.83 bits per heavy atom. The number of fused-ring (bicyclic) bond motifs is 1. The number of halogens is 2. The molecule has 4 rings (SSSR count). The van der Waals surface area contributed by atoms with E-state index < -0.39 is 22.2 Å². The summed E-state index contributed by atoms with van der Waals surface area (Å²) in [4.78, 5) is 17.5. The van der Waals surface area contributed by atoms with Crippen molar-refractivity contribution in [2.24, 2.45) is 5.92 Å². The second-order valence-electron chi connectivity index (χ2n) is 10.7. The summed E-state index contributed by atoms with van der Waals surface area (Å²) in [6.07, 6.45) is -0.423. The summed E-state index contributed by atoms with van der Waals surface area (Å²) < 4.78 is 35.8. The van der Waals surface area contributed by atoms with Gasteiger partial charge in [0, 0.05) is 25.6 Å². The molecule has 0 saturated heterocycles. The van der Waals surface area contributed by atoms with Crippen molar-refractivity contribution in [1.82, 2.24) is 9.80 Å². The molecule has 41 heavy (non-hydrogen) atoms. The average Bonchev–Trinajstić information content (AvgIpc) is 2.92. The standard InChI is InChI=1S/C30H35Cl2N3O5S/c1-19-8-11-23(12-9-19)41(38,39)33-27-7-5-6-24-29(27)40-28(20(2)15-35(30(24)37)21(3)18-36)17-34(4)16-22-10-13-25(31)26(32)14-22/h5-14,20-21,28,33,36H,15-18H2,1-4H3/t20-,21-,28+/m0/s1. The molecule has 1 aliphatic rings. The molecule has 0 radical (unpaired) electrons. The Morgan fingerprint density at radius 1 is 1.12 bits per heavy atom. The molecule has 8 nitrogen and oxygen atoms in total. The minimum Gasteiger partial charge on any atom is -0.486 e. The van der Waals surface area contributed by atoms with E-state index in [0.29, 0.717) is 29.7 Å². The van der Waals surface area contributed by atoms with Gasteiger partial charge in [-0.15, -0.1) is 0 Å². The van der Waals surface area contributed by atoms with E-state index >= 15 is 0 Å². The zero-order valence-corrected chi connectivity index (χ0v) is 25.8. The van der Waals surface area contributed by atoms with Gasteiger partial charge in [0.05, 0.1) is 38.8 Å². The topological polar surface area (TPSA) is 99.2 Å². The van der Waals surface area contributed by atoms with E-state index in [1.807, 2.05) is 33.0 Å². The molecule has 3 aromatic rings. The number of nitrogens with zero attached hydrogens (tertiary/aromatic N) is 2. The first-order valence-electron chi connectivity index (χ1n) is 13.3. The molecule has 3 atom stereocenters. The van der Waals surface area contributed by atoms with Gasteiger partial charge in [-0.1, -0.05) is 60.0 Å². The van der Waals surface area contributed by atoms with Gasteiger partial charge in [-0.05, 0) is 62.9 Å². The quantitative estimate of drug-likeness (QED) is 0.330. The average molecular weight is 621 g/mol. The van der Waals surface area contributed by atoms with E-state index in [-0.39, 0.29) is 40.3 Å². The highest BCUT2D eigenvalue weighted by atomic mass is 35.5. The second kappa shape index (κ2) is 13.0. The normalized spacial score (nSPS) is 18.3. The number of aliphatic hydroxyl groups excluding tert-OH is 1. The minimum atomic E-state index is -3.97. The fraction of sp³-hybridized carbons (Fsp3) is 0.367. The summed E-state index contributed by atoms with van der Waals surface area (Å²) in [5, 5.41) is 10.9. The van der Waals surface area contributed by atoms with E-state index in [0.717, 1.165) is 11.1 Å². The lowest BCUT2D eigenvalue weighted by atomic mass is 9.99. The van der Waals surface area contributed by atoms with E-state index in [4.69, 9.17) is 27.9 Å². The maximum atomic E-state index is 13.7. The third-order valence-corrected chi connectivity index (χ3v) is 9.32. The molecule has 0 fully saturated rings. The number of carbonyl (C=O) groups is 1. The number of hydrogen-bond donors (Lipinski definition) is 2. The van der Waals surface area contributed by atoms with Gasteiger partial charge >= 0.3 is 0 Å². The third kappa shape index (κ3) is 7.34. The number of amides is 1. The van der Waals surface area contributed by atoms with Crippen LogP contribution in [0.4, 0.5) is 5.69 Å². The number of aliphatic hydroxyl groups is 1. The molecule has 0 bridgehead atoms. The molecule has 2 N–H and O–H groups in total. The van der Waals surface area contributed by atoms with Gasteiger partial charge in [-0.3, -0.25) is 14.4 Å². The minimum absolute atomic E-state index is 0.0969. The molecule has 0 spiro atoms. The number of nitrogens with one attached hydrogen (secondary N) is 1. The molecular formula is C30H35Cl2N3O5S. The van der Waals surface area contributed by atoms with Gasteiger partial charge in [0.15, 0.2) is 5.75 Å². The predicted octanol–water partition coefficient (Wildman–Crippen LogP) is 5.45. The highest BCUT2D eigenvalue weighted by molar-refractivity contribution is 7.92. The molecule has 0 aliphatic carbocycles. The van der Waals surface area contributed by atoms with Crippen LogP contribution in [0.2, 0.25) is 10.0 Å². The Balaban J connectivity index is 1.70. The van der Waals surface area contributed by atoms with E-state index in [1.165, 1.54) is 12.1 Å². The van der Waals surface area contributed by atoms with Crippen molar-refractivity contribution >= 4 is 44.8 Å². The molecule has 220 valence electrons. The van der Waals surface area contributed by atoms with Crippen LogP contribution >= 0.6 is 23.2 Å². The fourth-order valence-corrected chi connectivity index (χ4v) is 6.17. The number of para-hydroxylation sites is 1. The monoisotopic (exact) mass is 619 g/mol. The number of sulfonamides is 1. The summed E-state index contributed by atoms with van der Waals surface area (Å²) in [6, 6.07) is 16.4. The highest BCUT2D eigenvalue weighted by Gasteiger charge is 2.35. The third-order valence-electron chi connectivity index (χ3n) is 7.19. The van der Waals surface area contributed by atoms with Gasteiger partial charge in [-0.2, -0.15) is 0 Å². The summed E-state index contributed by atoms with van der Waals surface area (Å²) in [5.41, 5.74) is 2.29. The van der Waals surface area contributed by atoms with Gasteiger partial charge in [0.25, 0.3) is 15.9 Å². The van der Waals surface area contributed by atoms with Crippen molar-refractivity contribution in [3.05, 3.63) is 87.4 Å². The Hall–Kier alpha value is -2.82. The number of ether oxygens (including phenoxy) is 1. The highest BCUT2D eigenvalue weighted by Crippen LogP contribution is 2.36. The first-order valence-corrected chi connectivity index (χ1v) is 15.6. The lowest BCUT2D eigenvalue weighted by molar-refractivity contribution is 0.0344. The molecule has 3 aromatic carbocycles. The summed E-state index contributed by atoms with van der Waals surface area (Å²) in [5.74, 6) is -0.339. The summed E-state index contributed by atoms with van der Waals surface area (Å²) in [6.45, 7) is 6.81. The SMILES string of the molecule is Cc1ccc(S(=O)(=O)Nc2cccc3c2O[C@H](CN(C)Cc2ccc(Cl)c(Cl)c2)[C@@H](C)CN([C@@H](C)CO)C3=O)cc1. The van der Waals surface area contributed by atoms with Crippen molar-refractivity contribution in [3.63, 3.8) is 0 Å². The number of likely N-dealkylation sites (N-methyl/N-ethyl adjacent to an activating group) is 1. The van der Waals surface area contributed by atoms with E-state index in [1.54, 1.807) is 48.2 Å². The van der Waals surface area contributed by atoms with Crippen LogP contribution in [-0.2, 0) is 16.6 Å². The van der Waals surface area contributed by atoms with Crippen LogP contribution in [0.1, 0.15) is 35.3 Å². The number of hydrogen-bond acceptors (Lipinski definition) is 6. The molecule has 0 unspecified atom stereocenters. The van der Waals surface area contributed by atoms with Crippen molar-refractivity contribution in [3.8, 4) is 5.75 Å². The van der Waals surface area contributed by atoms with Crippen molar-refractivity contribution in [2.45, 2.75) is 44.4 Å². The zero-order chi connectivity index (χ0) is 29.9. The van der Waals surface area contributed by atoms with Crippen molar-refractivity contribution in [1.29, 1.82) is 0 Å². The van der Waals surface area contributed by atoms with Crippen LogP contribution < -0.4 is 9.46 Å². The summed E-state index contributed by atoms with van der Waals surface area (Å²) >= 11 is 12.3. The van der Waals surface area contributed by atoms with E-state index in [2.05, 4.69) is 9.62 Å². The first kappa shape index (κ1) is 31.1. The number of aryl methyl sites for hydroxylation is 1. The maximum absolute atomic E-state index is 13.7. The molecule has 1 aliphatic heterocycles. The van der Waals surface area contributed by atoms with Gasteiger partial charge in [-0.25, -0.2) is 8.42 Å². The lowest BCUT2D eigenvalue weighted by Gasteiger charge is -2.38. The molecule has 1 heterocycles. The number of benzene rings is 3. The van der Waals surface area contributed by atoms with Crippen LogP contribution in [0.15, 0.2) is 65.6 Å². The van der Waals surface area contributed by atoms with Gasteiger partial charge in [0.1, 0.15) is 6.10 Å². The van der Waals surface area contributed by atoms with Crippen LogP contribution in [0.3, 0.4) is 0 Å².